The van der Waals surface area contributed by atoms with Crippen LogP contribution in [0.25, 0.3) is 0 Å². The van der Waals surface area contributed by atoms with Crippen LogP contribution in [0.3, 0.4) is 0 Å². The number of carbonyl (C=O) groups excluding carboxylic acids is 2. The van der Waals surface area contributed by atoms with Gasteiger partial charge >= 0.3 is 5.97 Å². The third-order valence-corrected chi connectivity index (χ3v) is 9.11. The maximum atomic E-state index is 12.8. The van der Waals surface area contributed by atoms with Gasteiger partial charge in [0.1, 0.15) is 6.04 Å². The molecule has 1 heterocycles. The van der Waals surface area contributed by atoms with E-state index in [1.807, 2.05) is 0 Å². The van der Waals surface area contributed by atoms with Crippen molar-refractivity contribution in [2.75, 3.05) is 13.2 Å². The third-order valence-electron chi connectivity index (χ3n) is 9.11. The van der Waals surface area contributed by atoms with Crippen LogP contribution in [0.15, 0.2) is 0 Å². The highest BCUT2D eigenvalue weighted by Crippen LogP contribution is 2.22. The second-order valence-corrected chi connectivity index (χ2v) is 13.2. The molecule has 1 fully saturated rings. The smallest absolute Gasteiger partial charge is 0.328 e. The Balaban J connectivity index is 2.00. The van der Waals surface area contributed by atoms with Gasteiger partial charge in [0.15, 0.2) is 0 Å². The summed E-state index contributed by atoms with van der Waals surface area (Å²) in [4.78, 5) is 27.1. The number of aliphatic hydroxyl groups is 1. The Bertz CT molecular complexity index is 625. The number of amides is 1. The van der Waals surface area contributed by atoms with Crippen LogP contribution in [-0.4, -0.2) is 47.2 Å². The van der Waals surface area contributed by atoms with Gasteiger partial charge in [0, 0.05) is 19.4 Å². The van der Waals surface area contributed by atoms with Gasteiger partial charge in [-0.1, -0.05) is 174 Å². The van der Waals surface area contributed by atoms with E-state index in [2.05, 4.69) is 13.8 Å². The molecular formula is C37H71NO4. The molecule has 1 rings (SSSR count). The number of carbonyl (C=O) groups is 2. The lowest BCUT2D eigenvalue weighted by Crippen LogP contribution is -2.41. The Kier molecular flexibility index (Phi) is 26.6. The Morgan fingerprint density at radius 1 is 0.571 bits per heavy atom. The van der Waals surface area contributed by atoms with Crippen LogP contribution in [0, 0.1) is 0 Å². The van der Waals surface area contributed by atoms with Crippen LogP contribution < -0.4 is 0 Å². The number of hydrogen-bond acceptors (Lipinski definition) is 4. The van der Waals surface area contributed by atoms with E-state index in [0.29, 0.717) is 19.4 Å². The number of nitrogens with zero attached hydrogens (tertiary/aromatic N) is 1. The van der Waals surface area contributed by atoms with Gasteiger partial charge in [-0.05, 0) is 12.8 Å². The van der Waals surface area contributed by atoms with E-state index in [9.17, 15) is 14.7 Å². The first-order valence-electron chi connectivity index (χ1n) is 18.7. The summed E-state index contributed by atoms with van der Waals surface area (Å²) < 4.78 is 5.54. The fraction of sp³-hybridized carbons (Fsp3) is 0.946. The Morgan fingerprint density at radius 3 is 1.33 bits per heavy atom. The molecule has 1 aliphatic heterocycles. The van der Waals surface area contributed by atoms with Gasteiger partial charge < -0.3 is 14.7 Å². The molecule has 0 radical (unpaired) electrons. The average Bonchev–Trinajstić information content (AvgIpc) is 3.39. The van der Waals surface area contributed by atoms with Gasteiger partial charge in [-0.3, -0.25) is 4.79 Å². The first kappa shape index (κ1) is 38.9. The van der Waals surface area contributed by atoms with Gasteiger partial charge in [0.25, 0.3) is 0 Å². The largest absolute Gasteiger partial charge is 0.464 e. The first-order valence-corrected chi connectivity index (χ1v) is 18.7. The summed E-state index contributed by atoms with van der Waals surface area (Å²) in [6, 6.07) is -0.610. The highest BCUT2D eigenvalue weighted by Gasteiger charge is 2.39. The van der Waals surface area contributed by atoms with Crippen molar-refractivity contribution >= 4 is 11.9 Å². The topological polar surface area (TPSA) is 66.8 Å². The van der Waals surface area contributed by atoms with Gasteiger partial charge in [0.05, 0.1) is 12.7 Å². The van der Waals surface area contributed by atoms with Crippen molar-refractivity contribution in [2.24, 2.45) is 0 Å². The molecule has 0 aromatic rings. The minimum Gasteiger partial charge on any atom is -0.464 e. The fourth-order valence-electron chi connectivity index (χ4n) is 6.32. The number of rotatable bonds is 30. The molecule has 5 heteroatoms. The standard InChI is InChI=1S/C37H71NO4/c1-3-5-7-9-11-13-15-17-19-21-23-25-27-29-31-42-37(41)35-32-34(39)33-38(35)36(40)30-28-26-24-22-20-18-16-14-12-10-8-6-4-2/h34-35,39H,3-33H2,1-2H3. The predicted octanol–water partition coefficient (Wildman–Crippen LogP) is 10.5. The van der Waals surface area contributed by atoms with Crippen LogP contribution in [-0.2, 0) is 14.3 Å². The number of likely N-dealkylation sites (tertiary alicyclic amines) is 1. The number of unbranched alkanes of at least 4 members (excludes halogenated alkanes) is 25. The summed E-state index contributed by atoms with van der Waals surface area (Å²) in [5, 5.41) is 10.2. The number of hydrogen-bond donors (Lipinski definition) is 1. The van der Waals surface area contributed by atoms with Crippen LogP contribution in [0.2, 0.25) is 0 Å². The molecular weight excluding hydrogens is 522 g/mol. The molecule has 5 nitrogen and oxygen atoms in total. The summed E-state index contributed by atoms with van der Waals surface area (Å²) >= 11 is 0. The molecule has 1 amide bonds. The normalized spacial score (nSPS) is 16.8. The quantitative estimate of drug-likeness (QED) is 0.0664. The van der Waals surface area contributed by atoms with Crippen LogP contribution in [0.1, 0.15) is 200 Å². The zero-order valence-corrected chi connectivity index (χ0v) is 28.2. The van der Waals surface area contributed by atoms with Crippen LogP contribution in [0.4, 0.5) is 0 Å². The lowest BCUT2D eigenvalue weighted by atomic mass is 10.0. The zero-order valence-electron chi connectivity index (χ0n) is 28.2. The molecule has 1 aliphatic rings. The zero-order chi connectivity index (χ0) is 30.5. The van der Waals surface area contributed by atoms with Gasteiger partial charge in [-0.15, -0.1) is 0 Å². The Labute approximate surface area is 261 Å². The summed E-state index contributed by atoms with van der Waals surface area (Å²) in [5.74, 6) is -0.340. The summed E-state index contributed by atoms with van der Waals surface area (Å²) in [7, 11) is 0. The summed E-state index contributed by atoms with van der Waals surface area (Å²) in [6.07, 6.45) is 34.9. The Hall–Kier alpha value is -1.10. The minimum atomic E-state index is -0.626. The van der Waals surface area contributed by atoms with Gasteiger partial charge in [-0.25, -0.2) is 4.79 Å². The van der Waals surface area contributed by atoms with Crippen LogP contribution >= 0.6 is 0 Å². The van der Waals surface area contributed by atoms with E-state index in [1.165, 1.54) is 148 Å². The summed E-state index contributed by atoms with van der Waals surface area (Å²) in [5.41, 5.74) is 0. The second-order valence-electron chi connectivity index (χ2n) is 13.2. The molecule has 1 N–H and O–H groups in total. The van der Waals surface area contributed by atoms with Crippen molar-refractivity contribution < 1.29 is 19.4 Å². The molecule has 0 aromatic heterocycles. The SMILES string of the molecule is CCCCCCCCCCCCCCCCOC(=O)C1CC(O)CN1C(=O)CCCCCCCCCCCCCCC. The monoisotopic (exact) mass is 594 g/mol. The highest BCUT2D eigenvalue weighted by atomic mass is 16.5. The van der Waals surface area contributed by atoms with Crippen LogP contribution in [0.5, 0.6) is 0 Å². The maximum Gasteiger partial charge on any atom is 0.328 e. The molecule has 0 aromatic carbocycles. The van der Waals surface area contributed by atoms with Gasteiger partial charge in [-0.2, -0.15) is 0 Å². The number of β-amino-alcohol motifs (C(OH)–C–C–N with tert-alkyl or cyclic N) is 1. The maximum absolute atomic E-state index is 12.8. The second kappa shape index (κ2) is 28.7. The molecule has 2 atom stereocenters. The highest BCUT2D eigenvalue weighted by molar-refractivity contribution is 5.85. The third kappa shape index (κ3) is 21.6. The molecule has 0 spiro atoms. The predicted molar refractivity (Wildman–Crippen MR) is 178 cm³/mol. The number of esters is 1. The lowest BCUT2D eigenvalue weighted by Gasteiger charge is -2.23. The molecule has 2 unspecified atom stereocenters. The number of ether oxygens (including phenoxy) is 1. The van der Waals surface area contributed by atoms with E-state index in [1.54, 1.807) is 4.90 Å². The molecule has 0 saturated carbocycles. The van der Waals surface area contributed by atoms with Crippen molar-refractivity contribution in [3.05, 3.63) is 0 Å². The summed E-state index contributed by atoms with van der Waals surface area (Å²) in [6.45, 7) is 5.22. The molecule has 0 aliphatic carbocycles. The minimum absolute atomic E-state index is 0.00642. The molecule has 1 saturated heterocycles. The van der Waals surface area contributed by atoms with Gasteiger partial charge in [0.2, 0.25) is 5.91 Å². The van der Waals surface area contributed by atoms with E-state index in [0.717, 1.165) is 25.7 Å². The van der Waals surface area contributed by atoms with Crippen molar-refractivity contribution in [3.63, 3.8) is 0 Å². The molecule has 248 valence electrons. The Morgan fingerprint density at radius 2 is 0.929 bits per heavy atom. The lowest BCUT2D eigenvalue weighted by molar-refractivity contribution is -0.153. The van der Waals surface area contributed by atoms with E-state index in [-0.39, 0.29) is 18.4 Å². The molecule has 0 bridgehead atoms. The van der Waals surface area contributed by atoms with Crippen molar-refractivity contribution in [1.29, 1.82) is 0 Å². The van der Waals surface area contributed by atoms with Crippen molar-refractivity contribution in [1.82, 2.24) is 4.90 Å². The molecule has 42 heavy (non-hydrogen) atoms. The number of aliphatic hydroxyl groups excluding tert-OH is 1. The van der Waals surface area contributed by atoms with E-state index < -0.39 is 12.1 Å². The average molecular weight is 594 g/mol. The van der Waals surface area contributed by atoms with E-state index >= 15 is 0 Å². The van der Waals surface area contributed by atoms with Crippen molar-refractivity contribution in [2.45, 2.75) is 212 Å². The van der Waals surface area contributed by atoms with E-state index in [4.69, 9.17) is 4.74 Å². The van der Waals surface area contributed by atoms with Crippen molar-refractivity contribution in [3.8, 4) is 0 Å². The first-order chi connectivity index (χ1) is 20.6. The fourth-order valence-corrected chi connectivity index (χ4v) is 6.32.